The molecule has 0 aliphatic heterocycles. The van der Waals surface area contributed by atoms with Gasteiger partial charge in [0.25, 0.3) is 31.4 Å². The van der Waals surface area contributed by atoms with E-state index < -0.39 is 29.9 Å². The summed E-state index contributed by atoms with van der Waals surface area (Å²) in [5.41, 5.74) is -0.325. The summed E-state index contributed by atoms with van der Waals surface area (Å²) in [7, 11) is -8.14. The molecule has 0 radical (unpaired) electrons. The van der Waals surface area contributed by atoms with Crippen LogP contribution < -0.4 is 14.2 Å². The molecule has 15 heteroatoms. The maximum absolute atomic E-state index is 12.6. The zero-order chi connectivity index (χ0) is 28.2. The second kappa shape index (κ2) is 10.8. The van der Waals surface area contributed by atoms with Crippen LogP contribution in [0.2, 0.25) is 0 Å². The minimum atomic E-state index is -4.07. The molecule has 0 heterocycles. The molecule has 13 nitrogen and oxygen atoms in total. The van der Waals surface area contributed by atoms with Crippen molar-refractivity contribution >= 4 is 42.8 Å². The third-order valence-electron chi connectivity index (χ3n) is 5.13. The van der Waals surface area contributed by atoms with Crippen LogP contribution in [0.4, 0.5) is 22.7 Å². The molecule has 39 heavy (non-hydrogen) atoms. The van der Waals surface area contributed by atoms with E-state index in [0.717, 1.165) is 12.1 Å². The number of ether oxygens (including phenoxy) is 1. The first-order valence-electron chi connectivity index (χ1n) is 10.9. The Labute approximate surface area is 222 Å². The topological polar surface area (TPSA) is 188 Å². The number of sulfonamides is 2. The molecule has 0 aromatic heterocycles. The van der Waals surface area contributed by atoms with Gasteiger partial charge in [0, 0.05) is 35.6 Å². The highest BCUT2D eigenvalue weighted by atomic mass is 32.2. The van der Waals surface area contributed by atoms with E-state index in [2.05, 4.69) is 9.44 Å². The van der Waals surface area contributed by atoms with Crippen molar-refractivity contribution in [1.82, 2.24) is 0 Å². The second-order valence-corrected chi connectivity index (χ2v) is 11.2. The molecule has 0 unspecified atom stereocenters. The summed E-state index contributed by atoms with van der Waals surface area (Å²) in [6.45, 7) is 0. The van der Waals surface area contributed by atoms with Crippen molar-refractivity contribution < 1.29 is 31.4 Å². The molecule has 0 saturated carbocycles. The Kier molecular flexibility index (Phi) is 7.46. The molecule has 0 amide bonds. The lowest BCUT2D eigenvalue weighted by Gasteiger charge is -2.11. The third kappa shape index (κ3) is 6.65. The average Bonchev–Trinajstić information content (AvgIpc) is 2.91. The Hall–Kier alpha value is -5.02. The molecule has 200 valence electrons. The molecule has 0 saturated heterocycles. The van der Waals surface area contributed by atoms with Gasteiger partial charge in [0.05, 0.1) is 19.6 Å². The molecule has 0 fully saturated rings. The van der Waals surface area contributed by atoms with E-state index in [-0.39, 0.29) is 32.5 Å². The van der Waals surface area contributed by atoms with Crippen LogP contribution in [0.3, 0.4) is 0 Å². The van der Waals surface area contributed by atoms with E-state index in [4.69, 9.17) is 4.74 Å². The third-order valence-corrected chi connectivity index (χ3v) is 7.88. The molecule has 0 atom stereocenters. The summed E-state index contributed by atoms with van der Waals surface area (Å²) in [6.07, 6.45) is 0. The van der Waals surface area contributed by atoms with Crippen molar-refractivity contribution in [3.05, 3.63) is 117 Å². The molecule has 4 aromatic rings. The van der Waals surface area contributed by atoms with Gasteiger partial charge in [-0.25, -0.2) is 16.8 Å². The molecule has 0 spiro atoms. The molecule has 2 N–H and O–H groups in total. The number of non-ortho nitro benzene ring substituents is 2. The maximum atomic E-state index is 12.6. The zero-order valence-corrected chi connectivity index (χ0v) is 21.3. The fourth-order valence-electron chi connectivity index (χ4n) is 3.27. The van der Waals surface area contributed by atoms with Crippen LogP contribution in [0.1, 0.15) is 0 Å². The highest BCUT2D eigenvalue weighted by Crippen LogP contribution is 2.27. The van der Waals surface area contributed by atoms with Crippen LogP contribution in [0, 0.1) is 20.2 Å². The van der Waals surface area contributed by atoms with Gasteiger partial charge in [-0.05, 0) is 60.7 Å². The number of rotatable bonds is 10. The molecule has 0 bridgehead atoms. The highest BCUT2D eigenvalue weighted by molar-refractivity contribution is 7.93. The van der Waals surface area contributed by atoms with E-state index in [1.54, 1.807) is 0 Å². The van der Waals surface area contributed by atoms with Gasteiger partial charge in [-0.3, -0.25) is 29.7 Å². The Balaban J connectivity index is 1.40. The summed E-state index contributed by atoms with van der Waals surface area (Å²) in [6, 6.07) is 21.0. The molecule has 0 aliphatic carbocycles. The monoisotopic (exact) mass is 570 g/mol. The number of benzene rings is 4. The van der Waals surface area contributed by atoms with Gasteiger partial charge in [0.1, 0.15) is 11.5 Å². The van der Waals surface area contributed by atoms with Gasteiger partial charge in [0.2, 0.25) is 0 Å². The lowest BCUT2D eigenvalue weighted by molar-refractivity contribution is -0.385. The Morgan fingerprint density at radius 2 is 0.923 bits per heavy atom. The molecule has 4 aromatic carbocycles. The van der Waals surface area contributed by atoms with E-state index in [1.807, 2.05) is 0 Å². The number of nitrogens with one attached hydrogen (secondary N) is 2. The van der Waals surface area contributed by atoms with Crippen LogP contribution in [-0.2, 0) is 20.0 Å². The summed E-state index contributed by atoms with van der Waals surface area (Å²) < 4.78 is 60.7. The van der Waals surface area contributed by atoms with Crippen molar-refractivity contribution in [2.75, 3.05) is 9.44 Å². The van der Waals surface area contributed by atoms with Crippen molar-refractivity contribution in [1.29, 1.82) is 0 Å². The van der Waals surface area contributed by atoms with E-state index in [1.165, 1.54) is 84.9 Å². The summed E-state index contributed by atoms with van der Waals surface area (Å²) in [5, 5.41) is 21.8. The Morgan fingerprint density at radius 3 is 1.26 bits per heavy atom. The fourth-order valence-corrected chi connectivity index (χ4v) is 5.47. The highest BCUT2D eigenvalue weighted by Gasteiger charge is 2.19. The predicted octanol–water partition coefficient (Wildman–Crippen LogP) is 4.90. The Morgan fingerprint density at radius 1 is 0.564 bits per heavy atom. The van der Waals surface area contributed by atoms with Crippen molar-refractivity contribution in [3.8, 4) is 11.5 Å². The number of hydrogen-bond acceptors (Lipinski definition) is 9. The largest absolute Gasteiger partial charge is 0.457 e. The van der Waals surface area contributed by atoms with Gasteiger partial charge in [-0.15, -0.1) is 0 Å². The average molecular weight is 571 g/mol. The number of anilines is 2. The normalized spacial score (nSPS) is 11.4. The quantitative estimate of drug-likeness (QED) is 0.197. The predicted molar refractivity (Wildman–Crippen MR) is 141 cm³/mol. The lowest BCUT2D eigenvalue weighted by Crippen LogP contribution is -2.13. The number of nitro groups is 2. The molecule has 0 aliphatic rings. The standard InChI is InChI=1S/C24H18N4O9S2/c29-27(30)19-3-1-5-23(15-19)38(33,34)25-17-7-11-21(12-8-17)37-22-13-9-18(10-14-22)26-39(35,36)24-6-2-4-20(16-24)28(31)32/h1-16,25-26H. The Bertz CT molecular complexity index is 1630. The summed E-state index contributed by atoms with van der Waals surface area (Å²) in [4.78, 5) is 19.9. The van der Waals surface area contributed by atoms with Crippen molar-refractivity contribution in [2.24, 2.45) is 0 Å². The SMILES string of the molecule is O=[N+]([O-])c1cccc(S(=O)(=O)Nc2ccc(Oc3ccc(NS(=O)(=O)c4cccc([N+](=O)[O-])c4)cc3)cc2)c1. The smallest absolute Gasteiger partial charge is 0.270 e. The first-order valence-corrected chi connectivity index (χ1v) is 13.8. The number of nitro benzene ring substituents is 2. The second-order valence-electron chi connectivity index (χ2n) is 7.87. The summed E-state index contributed by atoms with van der Waals surface area (Å²) >= 11 is 0. The first kappa shape index (κ1) is 27.0. The van der Waals surface area contributed by atoms with Crippen molar-refractivity contribution in [3.63, 3.8) is 0 Å². The van der Waals surface area contributed by atoms with E-state index in [9.17, 15) is 37.1 Å². The number of nitrogens with zero attached hydrogens (tertiary/aromatic N) is 2. The first-order chi connectivity index (χ1) is 18.4. The van der Waals surface area contributed by atoms with Crippen LogP contribution in [0.5, 0.6) is 11.5 Å². The summed E-state index contributed by atoms with van der Waals surface area (Å²) in [5.74, 6) is 0.691. The van der Waals surface area contributed by atoms with Gasteiger partial charge in [-0.1, -0.05) is 12.1 Å². The minimum absolute atomic E-state index is 0.194. The van der Waals surface area contributed by atoms with Crippen LogP contribution in [-0.4, -0.2) is 26.7 Å². The molecule has 4 rings (SSSR count). The lowest BCUT2D eigenvalue weighted by atomic mass is 10.3. The van der Waals surface area contributed by atoms with Crippen LogP contribution in [0.15, 0.2) is 107 Å². The molecular weight excluding hydrogens is 552 g/mol. The molecular formula is C24H18N4O9S2. The fraction of sp³-hybridized carbons (Fsp3) is 0. The van der Waals surface area contributed by atoms with Crippen LogP contribution in [0.25, 0.3) is 0 Å². The minimum Gasteiger partial charge on any atom is -0.457 e. The van der Waals surface area contributed by atoms with Gasteiger partial charge >= 0.3 is 0 Å². The maximum Gasteiger partial charge on any atom is 0.270 e. The zero-order valence-electron chi connectivity index (χ0n) is 19.6. The van der Waals surface area contributed by atoms with Gasteiger partial charge < -0.3 is 4.74 Å². The van der Waals surface area contributed by atoms with Gasteiger partial charge in [-0.2, -0.15) is 0 Å². The van der Waals surface area contributed by atoms with E-state index in [0.29, 0.717) is 11.5 Å². The van der Waals surface area contributed by atoms with E-state index >= 15 is 0 Å². The van der Waals surface area contributed by atoms with Crippen molar-refractivity contribution in [2.45, 2.75) is 9.79 Å². The van der Waals surface area contributed by atoms with Gasteiger partial charge in [0.15, 0.2) is 0 Å². The number of hydrogen-bond donors (Lipinski definition) is 2. The van der Waals surface area contributed by atoms with Crippen LogP contribution >= 0.6 is 0 Å².